The van der Waals surface area contributed by atoms with Crippen molar-refractivity contribution in [1.29, 1.82) is 0 Å². The Morgan fingerprint density at radius 1 is 1.36 bits per heavy atom. The number of amides is 1. The molecule has 0 fully saturated rings. The van der Waals surface area contributed by atoms with Gasteiger partial charge in [0.1, 0.15) is 0 Å². The van der Waals surface area contributed by atoms with Crippen molar-refractivity contribution in [2.24, 2.45) is 5.92 Å². The van der Waals surface area contributed by atoms with Crippen LogP contribution in [0, 0.1) is 5.92 Å². The zero-order valence-corrected chi connectivity index (χ0v) is 10.6. The lowest BCUT2D eigenvalue weighted by Crippen LogP contribution is -2.37. The second-order valence-electron chi connectivity index (χ2n) is 3.91. The molecule has 4 heteroatoms. The molecule has 1 unspecified atom stereocenters. The van der Waals surface area contributed by atoms with Crippen LogP contribution in [-0.2, 0) is 4.79 Å². The summed E-state index contributed by atoms with van der Waals surface area (Å²) in [5, 5.41) is -0.0191. The first-order valence-corrected chi connectivity index (χ1v) is 5.92. The maximum absolute atomic E-state index is 11.7. The number of hydrogen-bond donors (Lipinski definition) is 0. The maximum atomic E-state index is 11.7. The number of alkyl halides is 2. The minimum Gasteiger partial charge on any atom is -0.340 e. The third-order valence-corrected chi connectivity index (χ3v) is 2.07. The van der Waals surface area contributed by atoms with E-state index in [1.807, 2.05) is 20.8 Å². The predicted octanol–water partition coefficient (Wildman–Crippen LogP) is 2.73. The van der Waals surface area contributed by atoms with E-state index in [-0.39, 0.29) is 11.3 Å². The minimum atomic E-state index is -0.0191. The molecule has 0 bridgehead atoms. The van der Waals surface area contributed by atoms with Gasteiger partial charge in [0.25, 0.3) is 0 Å². The monoisotopic (exact) mass is 239 g/mol. The summed E-state index contributed by atoms with van der Waals surface area (Å²) in [6.45, 7) is 7.11. The van der Waals surface area contributed by atoms with Crippen LogP contribution >= 0.6 is 23.2 Å². The number of carbonyl (C=O) groups is 1. The molecule has 0 aliphatic rings. The fraction of sp³-hybridized carbons (Fsp3) is 0.900. The van der Waals surface area contributed by atoms with E-state index in [0.29, 0.717) is 31.3 Å². The normalized spacial score (nSPS) is 13.0. The van der Waals surface area contributed by atoms with Crippen LogP contribution in [0.1, 0.15) is 27.2 Å². The van der Waals surface area contributed by atoms with Crippen molar-refractivity contribution in [2.45, 2.75) is 32.6 Å². The molecule has 0 aliphatic heterocycles. The van der Waals surface area contributed by atoms with Crippen molar-refractivity contribution in [3.8, 4) is 0 Å². The standard InChI is InChI=1S/C10H19Cl2NO/c1-8(2)6-10(14)13(5-4-11)7-9(3)12/h8-9H,4-7H2,1-3H3. The van der Waals surface area contributed by atoms with Crippen LogP contribution in [-0.4, -0.2) is 35.2 Å². The van der Waals surface area contributed by atoms with E-state index < -0.39 is 0 Å². The number of carbonyl (C=O) groups excluding carboxylic acids is 1. The molecule has 0 rings (SSSR count). The molecule has 0 saturated carbocycles. The lowest BCUT2D eigenvalue weighted by atomic mass is 10.1. The molecule has 0 aromatic carbocycles. The van der Waals surface area contributed by atoms with Gasteiger partial charge < -0.3 is 4.90 Å². The van der Waals surface area contributed by atoms with E-state index in [9.17, 15) is 4.79 Å². The van der Waals surface area contributed by atoms with Crippen molar-refractivity contribution >= 4 is 29.1 Å². The topological polar surface area (TPSA) is 20.3 Å². The summed E-state index contributed by atoms with van der Waals surface area (Å²) in [5.74, 6) is 0.993. The molecule has 1 atom stereocenters. The first-order valence-electron chi connectivity index (χ1n) is 4.95. The third-order valence-electron chi connectivity index (χ3n) is 1.76. The average Bonchev–Trinajstić information content (AvgIpc) is 2.01. The van der Waals surface area contributed by atoms with Crippen molar-refractivity contribution in [2.75, 3.05) is 19.0 Å². The van der Waals surface area contributed by atoms with Crippen molar-refractivity contribution in [3.05, 3.63) is 0 Å². The Balaban J connectivity index is 4.10. The zero-order valence-electron chi connectivity index (χ0n) is 9.09. The molecule has 0 aromatic rings. The van der Waals surface area contributed by atoms with Crippen LogP contribution in [0.2, 0.25) is 0 Å². The maximum Gasteiger partial charge on any atom is 0.222 e. The lowest BCUT2D eigenvalue weighted by molar-refractivity contribution is -0.131. The largest absolute Gasteiger partial charge is 0.340 e. The highest BCUT2D eigenvalue weighted by Crippen LogP contribution is 2.07. The number of halogens is 2. The van der Waals surface area contributed by atoms with Gasteiger partial charge >= 0.3 is 0 Å². The van der Waals surface area contributed by atoms with Crippen molar-refractivity contribution < 1.29 is 4.79 Å². The zero-order chi connectivity index (χ0) is 11.1. The summed E-state index contributed by atoms with van der Waals surface area (Å²) in [6.07, 6.45) is 0.570. The molecular weight excluding hydrogens is 221 g/mol. The summed E-state index contributed by atoms with van der Waals surface area (Å²) in [5.41, 5.74) is 0. The molecule has 2 nitrogen and oxygen atoms in total. The number of rotatable bonds is 6. The highest BCUT2D eigenvalue weighted by molar-refractivity contribution is 6.20. The molecule has 1 amide bonds. The van der Waals surface area contributed by atoms with Gasteiger partial charge in [-0.1, -0.05) is 13.8 Å². The second-order valence-corrected chi connectivity index (χ2v) is 5.03. The predicted molar refractivity (Wildman–Crippen MR) is 62.1 cm³/mol. The van der Waals surface area contributed by atoms with Gasteiger partial charge in [0.05, 0.1) is 0 Å². The molecule has 0 spiro atoms. The summed E-state index contributed by atoms with van der Waals surface area (Å²) >= 11 is 11.5. The minimum absolute atomic E-state index is 0.0191. The number of hydrogen-bond acceptors (Lipinski definition) is 1. The number of nitrogens with zero attached hydrogens (tertiary/aromatic N) is 1. The van der Waals surface area contributed by atoms with Gasteiger partial charge in [-0.25, -0.2) is 0 Å². The van der Waals surface area contributed by atoms with Crippen LogP contribution in [0.4, 0.5) is 0 Å². The highest BCUT2D eigenvalue weighted by Gasteiger charge is 2.15. The van der Waals surface area contributed by atoms with E-state index in [1.54, 1.807) is 4.90 Å². The molecule has 14 heavy (non-hydrogen) atoms. The Morgan fingerprint density at radius 2 is 1.93 bits per heavy atom. The van der Waals surface area contributed by atoms with E-state index in [1.165, 1.54) is 0 Å². The molecule has 0 saturated heterocycles. The smallest absolute Gasteiger partial charge is 0.222 e. The molecular formula is C10H19Cl2NO. The van der Waals surface area contributed by atoms with E-state index >= 15 is 0 Å². The van der Waals surface area contributed by atoms with Crippen LogP contribution in [0.3, 0.4) is 0 Å². The van der Waals surface area contributed by atoms with Crippen molar-refractivity contribution in [1.82, 2.24) is 4.90 Å². The quantitative estimate of drug-likeness (QED) is 0.654. The molecule has 0 aromatic heterocycles. The second kappa shape index (κ2) is 7.36. The summed E-state index contributed by atoms with van der Waals surface area (Å²) in [6, 6.07) is 0. The van der Waals surface area contributed by atoms with Crippen molar-refractivity contribution in [3.63, 3.8) is 0 Å². The van der Waals surface area contributed by atoms with Crippen LogP contribution in [0.5, 0.6) is 0 Å². The van der Waals surface area contributed by atoms with Gasteiger partial charge in [-0.05, 0) is 12.8 Å². The SMILES string of the molecule is CC(C)CC(=O)N(CCCl)CC(C)Cl. The van der Waals surface area contributed by atoms with E-state index in [2.05, 4.69) is 0 Å². The fourth-order valence-electron chi connectivity index (χ4n) is 1.20. The van der Waals surface area contributed by atoms with Crippen LogP contribution in [0.25, 0.3) is 0 Å². The Kier molecular flexibility index (Phi) is 7.38. The third kappa shape index (κ3) is 6.50. The Morgan fingerprint density at radius 3 is 2.29 bits per heavy atom. The van der Waals surface area contributed by atoms with Gasteiger partial charge in [0.15, 0.2) is 0 Å². The van der Waals surface area contributed by atoms with Gasteiger partial charge in [-0.15, -0.1) is 23.2 Å². The van der Waals surface area contributed by atoms with Gasteiger partial charge in [-0.3, -0.25) is 4.79 Å². The molecule has 0 N–H and O–H groups in total. The Bertz CT molecular complexity index is 172. The summed E-state index contributed by atoms with van der Waals surface area (Å²) < 4.78 is 0. The molecule has 84 valence electrons. The Hall–Kier alpha value is 0.0500. The molecule has 0 heterocycles. The van der Waals surface area contributed by atoms with Gasteiger partial charge in [0, 0.05) is 30.8 Å². The summed E-state index contributed by atoms with van der Waals surface area (Å²) in [7, 11) is 0. The van der Waals surface area contributed by atoms with E-state index in [0.717, 1.165) is 0 Å². The first kappa shape index (κ1) is 14.1. The first-order chi connectivity index (χ1) is 6.47. The lowest BCUT2D eigenvalue weighted by Gasteiger charge is -2.23. The Labute approximate surface area is 96.6 Å². The average molecular weight is 240 g/mol. The summed E-state index contributed by atoms with van der Waals surface area (Å²) in [4.78, 5) is 13.4. The highest BCUT2D eigenvalue weighted by atomic mass is 35.5. The van der Waals surface area contributed by atoms with Gasteiger partial charge in [0.2, 0.25) is 5.91 Å². The van der Waals surface area contributed by atoms with Crippen LogP contribution in [0.15, 0.2) is 0 Å². The van der Waals surface area contributed by atoms with E-state index in [4.69, 9.17) is 23.2 Å². The fourth-order valence-corrected chi connectivity index (χ4v) is 1.57. The van der Waals surface area contributed by atoms with Gasteiger partial charge in [-0.2, -0.15) is 0 Å². The molecule has 0 radical (unpaired) electrons. The van der Waals surface area contributed by atoms with Crippen LogP contribution < -0.4 is 0 Å². The molecule has 0 aliphatic carbocycles.